The van der Waals surface area contributed by atoms with Crippen molar-refractivity contribution in [2.24, 2.45) is 0 Å². The van der Waals surface area contributed by atoms with E-state index in [1.807, 2.05) is 0 Å². The zero-order valence-corrected chi connectivity index (χ0v) is 44.1. The smallest absolute Gasteiger partial charge is 0.306 e. The van der Waals surface area contributed by atoms with Crippen molar-refractivity contribution in [3.05, 3.63) is 122 Å². The molecule has 1 N–H and O–H groups in total. The molecule has 0 heterocycles. The minimum Gasteiger partial charge on any atom is -0.462 e. The molecule has 0 saturated carbocycles. The Morgan fingerprint density at radius 3 is 0.956 bits per heavy atom. The Hall–Kier alpha value is -3.70. The Bertz CT molecular complexity index is 1390. The van der Waals surface area contributed by atoms with E-state index in [-0.39, 0.29) is 25.2 Å². The minimum atomic E-state index is -0.786. The number of unbranched alkanes of at least 4 members (excludes halogenated alkanes) is 22. The fourth-order valence-corrected chi connectivity index (χ4v) is 7.58. The second-order valence-corrected chi connectivity index (χ2v) is 18.3. The second-order valence-electron chi connectivity index (χ2n) is 18.3. The standard InChI is InChI=1S/C63H104O5/c1-3-5-7-9-11-13-15-17-19-21-22-23-24-25-26-27-28-29-30-31-32-33-34-35-36-37-38-39-40-42-44-46-48-50-52-54-56-58-63(66)68-61(59-64)60-67-62(65)57-55-53-51-49-47-45-43-41-20-18-16-14-12-10-8-6-4-2/h5,7,11,13,17,19,22-23,25-26,28-29,31-32,34-35,37-38,40,42,61,64H,3-4,6,8-10,12,14-16,18,20-21,24,27,30,33,36,39,41,43-60H2,1-2H3/b7-5-,13-11-,19-17-,23-22-,26-25-,29-28-,32-31-,35-34-,38-37-,42-40-. The highest BCUT2D eigenvalue weighted by Gasteiger charge is 2.16. The molecule has 0 radical (unpaired) electrons. The predicted molar refractivity (Wildman–Crippen MR) is 297 cm³/mol. The third kappa shape index (κ3) is 54.9. The highest BCUT2D eigenvalue weighted by Crippen LogP contribution is 2.15. The zero-order valence-electron chi connectivity index (χ0n) is 44.1. The number of aliphatic hydroxyl groups is 1. The summed E-state index contributed by atoms with van der Waals surface area (Å²) < 4.78 is 10.7. The van der Waals surface area contributed by atoms with Crippen LogP contribution in [-0.2, 0) is 19.1 Å². The molecule has 386 valence electrons. The third-order valence-electron chi connectivity index (χ3n) is 11.8. The van der Waals surface area contributed by atoms with Crippen LogP contribution in [0.2, 0.25) is 0 Å². The molecule has 0 bridgehead atoms. The lowest BCUT2D eigenvalue weighted by Crippen LogP contribution is -2.28. The number of rotatable bonds is 50. The van der Waals surface area contributed by atoms with Crippen LogP contribution in [0.5, 0.6) is 0 Å². The quantitative estimate of drug-likeness (QED) is 0.0374. The molecule has 0 aliphatic heterocycles. The van der Waals surface area contributed by atoms with Crippen molar-refractivity contribution in [2.75, 3.05) is 13.2 Å². The molecule has 1 atom stereocenters. The first-order valence-corrected chi connectivity index (χ1v) is 28.1. The number of esters is 2. The largest absolute Gasteiger partial charge is 0.462 e. The maximum atomic E-state index is 12.3. The lowest BCUT2D eigenvalue weighted by molar-refractivity contribution is -0.161. The highest BCUT2D eigenvalue weighted by atomic mass is 16.6. The second kappa shape index (κ2) is 57.6. The maximum Gasteiger partial charge on any atom is 0.306 e. The zero-order chi connectivity index (χ0) is 49.2. The van der Waals surface area contributed by atoms with Crippen LogP contribution in [0.15, 0.2) is 122 Å². The van der Waals surface area contributed by atoms with E-state index < -0.39 is 6.10 Å². The van der Waals surface area contributed by atoms with Crippen LogP contribution in [0, 0.1) is 0 Å². The van der Waals surface area contributed by atoms with Gasteiger partial charge >= 0.3 is 11.9 Å². The first-order chi connectivity index (χ1) is 33.6. The fraction of sp³-hybridized carbons (Fsp3) is 0.651. The van der Waals surface area contributed by atoms with E-state index in [0.717, 1.165) is 109 Å². The molecule has 0 amide bonds. The summed E-state index contributed by atoms with van der Waals surface area (Å²) >= 11 is 0. The van der Waals surface area contributed by atoms with Gasteiger partial charge in [0.25, 0.3) is 0 Å². The van der Waals surface area contributed by atoms with Crippen molar-refractivity contribution in [2.45, 2.75) is 251 Å². The summed E-state index contributed by atoms with van der Waals surface area (Å²) in [6.07, 6.45) is 84.5. The van der Waals surface area contributed by atoms with Crippen LogP contribution in [0.3, 0.4) is 0 Å². The predicted octanol–water partition coefficient (Wildman–Crippen LogP) is 19.1. The molecule has 0 rings (SSSR count). The Kier molecular flexibility index (Phi) is 54.5. The number of hydrogen-bond donors (Lipinski definition) is 1. The molecule has 0 aromatic rings. The summed E-state index contributed by atoms with van der Waals surface area (Å²) in [6.45, 7) is 4.02. The lowest BCUT2D eigenvalue weighted by Gasteiger charge is -2.15. The monoisotopic (exact) mass is 941 g/mol. The third-order valence-corrected chi connectivity index (χ3v) is 11.8. The van der Waals surface area contributed by atoms with Crippen molar-refractivity contribution in [3.8, 4) is 0 Å². The maximum absolute atomic E-state index is 12.3. The number of carbonyl (C=O) groups is 2. The number of hydrogen-bond acceptors (Lipinski definition) is 5. The van der Waals surface area contributed by atoms with Crippen molar-refractivity contribution in [3.63, 3.8) is 0 Å². The van der Waals surface area contributed by atoms with Gasteiger partial charge in [0, 0.05) is 12.8 Å². The van der Waals surface area contributed by atoms with E-state index in [1.54, 1.807) is 0 Å². The number of ether oxygens (including phenoxy) is 2. The van der Waals surface area contributed by atoms with Crippen LogP contribution in [0.4, 0.5) is 0 Å². The van der Waals surface area contributed by atoms with E-state index in [4.69, 9.17) is 9.47 Å². The van der Waals surface area contributed by atoms with Gasteiger partial charge in [-0.15, -0.1) is 0 Å². The van der Waals surface area contributed by atoms with Gasteiger partial charge in [0.05, 0.1) is 6.61 Å². The van der Waals surface area contributed by atoms with Gasteiger partial charge in [-0.25, -0.2) is 0 Å². The van der Waals surface area contributed by atoms with E-state index >= 15 is 0 Å². The molecule has 5 heteroatoms. The van der Waals surface area contributed by atoms with Crippen LogP contribution < -0.4 is 0 Å². The molecule has 0 saturated heterocycles. The van der Waals surface area contributed by atoms with Gasteiger partial charge < -0.3 is 14.6 Å². The average Bonchev–Trinajstić information content (AvgIpc) is 3.34. The van der Waals surface area contributed by atoms with Gasteiger partial charge in [-0.2, -0.15) is 0 Å². The molecule has 5 nitrogen and oxygen atoms in total. The number of carbonyl (C=O) groups excluding carboxylic acids is 2. The fourth-order valence-electron chi connectivity index (χ4n) is 7.58. The highest BCUT2D eigenvalue weighted by molar-refractivity contribution is 5.70. The van der Waals surface area contributed by atoms with Crippen LogP contribution in [0.25, 0.3) is 0 Å². The summed E-state index contributed by atoms with van der Waals surface area (Å²) in [5.74, 6) is -0.608. The Balaban J connectivity index is 3.62. The molecule has 1 unspecified atom stereocenters. The van der Waals surface area contributed by atoms with Crippen molar-refractivity contribution in [1.29, 1.82) is 0 Å². The lowest BCUT2D eigenvalue weighted by atomic mass is 10.0. The molecule has 0 spiro atoms. The summed E-state index contributed by atoms with van der Waals surface area (Å²) in [6, 6.07) is 0. The molecule has 0 aliphatic rings. The van der Waals surface area contributed by atoms with E-state index in [0.29, 0.717) is 12.8 Å². The Morgan fingerprint density at radius 2 is 0.632 bits per heavy atom. The molecule has 0 aliphatic carbocycles. The molecule has 0 aromatic carbocycles. The van der Waals surface area contributed by atoms with Gasteiger partial charge in [-0.3, -0.25) is 9.59 Å². The first-order valence-electron chi connectivity index (χ1n) is 28.1. The van der Waals surface area contributed by atoms with E-state index in [2.05, 4.69) is 135 Å². The Labute approximate surface area is 420 Å². The van der Waals surface area contributed by atoms with Crippen molar-refractivity contribution >= 4 is 11.9 Å². The van der Waals surface area contributed by atoms with Gasteiger partial charge in [0.2, 0.25) is 0 Å². The number of allylic oxidation sites excluding steroid dienone is 20. The van der Waals surface area contributed by atoms with Gasteiger partial charge in [-0.05, 0) is 89.9 Å². The molecule has 0 fully saturated rings. The molecular formula is C63H104O5. The summed E-state index contributed by atoms with van der Waals surface area (Å²) in [7, 11) is 0. The van der Waals surface area contributed by atoms with E-state index in [9.17, 15) is 14.7 Å². The molecular weight excluding hydrogens is 837 g/mol. The van der Waals surface area contributed by atoms with Crippen LogP contribution in [-0.4, -0.2) is 36.4 Å². The summed E-state index contributed by atoms with van der Waals surface area (Å²) in [4.78, 5) is 24.5. The first kappa shape index (κ1) is 64.3. The summed E-state index contributed by atoms with van der Waals surface area (Å²) in [5.41, 5.74) is 0. The Morgan fingerprint density at radius 1 is 0.353 bits per heavy atom. The van der Waals surface area contributed by atoms with E-state index in [1.165, 1.54) is 109 Å². The van der Waals surface area contributed by atoms with Gasteiger partial charge in [-0.1, -0.05) is 264 Å². The van der Waals surface area contributed by atoms with Crippen molar-refractivity contribution in [1.82, 2.24) is 0 Å². The van der Waals surface area contributed by atoms with Crippen molar-refractivity contribution < 1.29 is 24.2 Å². The van der Waals surface area contributed by atoms with Crippen LogP contribution in [0.1, 0.15) is 245 Å². The van der Waals surface area contributed by atoms with Crippen LogP contribution >= 0.6 is 0 Å². The topological polar surface area (TPSA) is 72.8 Å². The normalized spacial score (nSPS) is 13.2. The molecule has 0 aromatic heterocycles. The molecule has 68 heavy (non-hydrogen) atoms. The number of aliphatic hydroxyl groups excluding tert-OH is 1. The van der Waals surface area contributed by atoms with Gasteiger partial charge in [0.15, 0.2) is 6.10 Å². The SMILES string of the molecule is CC/C=C\C/C=C\C/C=C\C/C=C\C/C=C\C/C=C\C/C=C\C/C=C\C/C=C\C/C=C\CCCCCCCCC(=O)OC(CO)COC(=O)CCCCCCCCCCCCCCCCCCC. The average molecular weight is 942 g/mol. The minimum absolute atomic E-state index is 0.0755. The summed E-state index contributed by atoms with van der Waals surface area (Å²) in [5, 5.41) is 9.64. The van der Waals surface area contributed by atoms with Gasteiger partial charge in [0.1, 0.15) is 6.61 Å².